The second kappa shape index (κ2) is 6.35. The molecule has 0 saturated carbocycles. The molecule has 0 aliphatic rings. The summed E-state index contributed by atoms with van der Waals surface area (Å²) in [7, 11) is -0.711. The topological polar surface area (TPSA) is 42.0 Å². The number of hydrogen-bond acceptors (Lipinski definition) is 4. The predicted molar refractivity (Wildman–Crippen MR) is 66.7 cm³/mol. The van der Waals surface area contributed by atoms with E-state index in [2.05, 4.69) is 17.2 Å². The van der Waals surface area contributed by atoms with Crippen molar-refractivity contribution in [2.75, 3.05) is 12.8 Å². The molecule has 0 aliphatic heterocycles. The Balaban J connectivity index is 2.23. The van der Waals surface area contributed by atoms with Gasteiger partial charge in [-0.25, -0.2) is 0 Å². The van der Waals surface area contributed by atoms with Gasteiger partial charge in [-0.05, 0) is 19.9 Å². The van der Waals surface area contributed by atoms with Crippen LogP contribution in [0.15, 0.2) is 11.7 Å². The molecular formula is C10H18N2OS2. The van der Waals surface area contributed by atoms with Crippen molar-refractivity contribution in [3.63, 3.8) is 0 Å². The van der Waals surface area contributed by atoms with E-state index in [0.717, 1.165) is 13.0 Å². The number of thiazole rings is 1. The van der Waals surface area contributed by atoms with E-state index < -0.39 is 10.8 Å². The zero-order valence-corrected chi connectivity index (χ0v) is 11.0. The molecule has 86 valence electrons. The Hall–Kier alpha value is -0.260. The van der Waals surface area contributed by atoms with Gasteiger partial charge in [-0.1, -0.05) is 6.92 Å². The fourth-order valence-corrected chi connectivity index (χ4v) is 2.31. The first-order valence-electron chi connectivity index (χ1n) is 5.05. The van der Waals surface area contributed by atoms with Gasteiger partial charge in [-0.15, -0.1) is 11.3 Å². The van der Waals surface area contributed by atoms with E-state index in [1.54, 1.807) is 17.6 Å². The smallest absolute Gasteiger partial charge is 0.0794 e. The summed E-state index contributed by atoms with van der Waals surface area (Å²) in [6.45, 7) is 5.05. The van der Waals surface area contributed by atoms with E-state index in [4.69, 9.17) is 0 Å². The van der Waals surface area contributed by atoms with Crippen LogP contribution in [0, 0.1) is 0 Å². The molecule has 1 aromatic rings. The summed E-state index contributed by atoms with van der Waals surface area (Å²) in [6.07, 6.45) is 4.60. The Morgan fingerprint density at radius 3 is 2.87 bits per heavy atom. The van der Waals surface area contributed by atoms with E-state index in [1.165, 1.54) is 4.88 Å². The lowest BCUT2D eigenvalue weighted by Crippen LogP contribution is -2.23. The Bertz CT molecular complexity index is 300. The van der Waals surface area contributed by atoms with E-state index in [-0.39, 0.29) is 5.25 Å². The van der Waals surface area contributed by atoms with Gasteiger partial charge in [0.1, 0.15) is 0 Å². The highest BCUT2D eigenvalue weighted by Gasteiger charge is 2.08. The minimum Gasteiger partial charge on any atom is -0.309 e. The number of aromatic nitrogens is 1. The van der Waals surface area contributed by atoms with Crippen LogP contribution in [-0.2, 0) is 10.8 Å². The monoisotopic (exact) mass is 246 g/mol. The lowest BCUT2D eigenvalue weighted by Gasteiger charge is -2.13. The Morgan fingerprint density at radius 1 is 1.60 bits per heavy atom. The first-order valence-corrected chi connectivity index (χ1v) is 7.55. The molecular weight excluding hydrogens is 228 g/mol. The minimum absolute atomic E-state index is 0.270. The molecule has 0 saturated heterocycles. The maximum atomic E-state index is 11.1. The summed E-state index contributed by atoms with van der Waals surface area (Å²) in [5, 5.41) is 3.68. The predicted octanol–water partition coefficient (Wildman–Crippen LogP) is 1.95. The lowest BCUT2D eigenvalue weighted by atomic mass is 10.2. The number of hydrogen-bond donors (Lipinski definition) is 1. The molecule has 1 aromatic heterocycles. The average Bonchev–Trinajstić information content (AvgIpc) is 2.70. The van der Waals surface area contributed by atoms with Crippen LogP contribution < -0.4 is 5.32 Å². The van der Waals surface area contributed by atoms with Gasteiger partial charge < -0.3 is 5.32 Å². The summed E-state index contributed by atoms with van der Waals surface area (Å²) in [5.41, 5.74) is 1.84. The largest absolute Gasteiger partial charge is 0.309 e. The molecule has 3 unspecified atom stereocenters. The van der Waals surface area contributed by atoms with Crippen LogP contribution in [0.5, 0.6) is 0 Å². The van der Waals surface area contributed by atoms with Gasteiger partial charge in [0.05, 0.1) is 5.51 Å². The van der Waals surface area contributed by atoms with Crippen LogP contribution in [0.2, 0.25) is 0 Å². The number of rotatable bonds is 6. The number of nitrogens with zero attached hydrogens (tertiary/aromatic N) is 1. The fourth-order valence-electron chi connectivity index (χ4n) is 1.21. The van der Waals surface area contributed by atoms with Crippen LogP contribution >= 0.6 is 11.3 Å². The lowest BCUT2D eigenvalue weighted by molar-refractivity contribution is 0.559. The van der Waals surface area contributed by atoms with Crippen LogP contribution in [0.3, 0.4) is 0 Å². The van der Waals surface area contributed by atoms with E-state index in [1.807, 2.05) is 18.6 Å². The normalized spacial score (nSPS) is 17.3. The highest BCUT2D eigenvalue weighted by atomic mass is 32.2. The third-order valence-corrected chi connectivity index (χ3v) is 4.77. The summed E-state index contributed by atoms with van der Waals surface area (Å²) in [5.74, 6) is 0. The second-order valence-corrected chi connectivity index (χ2v) is 6.40. The summed E-state index contributed by atoms with van der Waals surface area (Å²) >= 11 is 1.66. The molecule has 0 aromatic carbocycles. The van der Waals surface area contributed by atoms with Crippen molar-refractivity contribution in [1.82, 2.24) is 10.3 Å². The van der Waals surface area contributed by atoms with Gasteiger partial charge in [-0.3, -0.25) is 9.19 Å². The Kier molecular flexibility index (Phi) is 5.42. The van der Waals surface area contributed by atoms with Crippen LogP contribution in [0.4, 0.5) is 0 Å². The van der Waals surface area contributed by atoms with Crippen molar-refractivity contribution in [2.24, 2.45) is 0 Å². The molecule has 15 heavy (non-hydrogen) atoms. The van der Waals surface area contributed by atoms with E-state index in [9.17, 15) is 4.21 Å². The zero-order valence-electron chi connectivity index (χ0n) is 9.40. The molecule has 0 radical (unpaired) electrons. The van der Waals surface area contributed by atoms with Gasteiger partial charge in [0.15, 0.2) is 0 Å². The molecule has 1 N–H and O–H groups in total. The first-order chi connectivity index (χ1) is 7.11. The van der Waals surface area contributed by atoms with Crippen molar-refractivity contribution in [3.05, 3.63) is 16.6 Å². The molecule has 3 atom stereocenters. The van der Waals surface area contributed by atoms with Crippen molar-refractivity contribution >= 4 is 22.1 Å². The Morgan fingerprint density at radius 2 is 2.33 bits per heavy atom. The average molecular weight is 246 g/mol. The molecule has 0 aliphatic carbocycles. The van der Waals surface area contributed by atoms with Gasteiger partial charge >= 0.3 is 0 Å². The molecule has 5 heteroatoms. The van der Waals surface area contributed by atoms with Crippen LogP contribution in [0.1, 0.15) is 31.2 Å². The van der Waals surface area contributed by atoms with Gasteiger partial charge in [0, 0.05) is 39.4 Å². The summed E-state index contributed by atoms with van der Waals surface area (Å²) in [6, 6.07) is 0.343. The summed E-state index contributed by atoms with van der Waals surface area (Å²) in [4.78, 5) is 5.29. The minimum atomic E-state index is -0.711. The van der Waals surface area contributed by atoms with Gasteiger partial charge in [-0.2, -0.15) is 0 Å². The molecule has 0 fully saturated rings. The third-order valence-electron chi connectivity index (χ3n) is 2.45. The Labute approximate surface area is 97.8 Å². The van der Waals surface area contributed by atoms with Crippen molar-refractivity contribution < 1.29 is 4.21 Å². The first kappa shape index (κ1) is 12.8. The zero-order chi connectivity index (χ0) is 11.3. The molecule has 3 nitrogen and oxygen atoms in total. The van der Waals surface area contributed by atoms with Crippen LogP contribution in [0.25, 0.3) is 0 Å². The number of nitrogens with one attached hydrogen (secondary N) is 1. The maximum absolute atomic E-state index is 11.1. The quantitative estimate of drug-likeness (QED) is 0.834. The van der Waals surface area contributed by atoms with Crippen molar-refractivity contribution in [2.45, 2.75) is 31.6 Å². The standard InChI is InChI=1S/C10H18N2OS2/c1-8(15(3)13)4-5-12-9(2)10-6-11-7-14-10/h6-9,12H,4-5H2,1-3H3. The van der Waals surface area contributed by atoms with Crippen molar-refractivity contribution in [1.29, 1.82) is 0 Å². The van der Waals surface area contributed by atoms with E-state index >= 15 is 0 Å². The highest BCUT2D eigenvalue weighted by molar-refractivity contribution is 7.84. The summed E-state index contributed by atoms with van der Waals surface area (Å²) < 4.78 is 11.1. The van der Waals surface area contributed by atoms with Crippen LogP contribution in [-0.4, -0.2) is 27.2 Å². The second-order valence-electron chi connectivity index (χ2n) is 3.68. The van der Waals surface area contributed by atoms with E-state index in [0.29, 0.717) is 6.04 Å². The van der Waals surface area contributed by atoms with Crippen molar-refractivity contribution in [3.8, 4) is 0 Å². The van der Waals surface area contributed by atoms with Gasteiger partial charge in [0.25, 0.3) is 0 Å². The molecule has 1 rings (SSSR count). The molecule has 0 bridgehead atoms. The SMILES string of the molecule is CC(NCCC(C)S(C)=O)c1cncs1. The highest BCUT2D eigenvalue weighted by Crippen LogP contribution is 2.16. The molecule has 0 spiro atoms. The molecule has 0 amide bonds. The fraction of sp³-hybridized carbons (Fsp3) is 0.700. The maximum Gasteiger partial charge on any atom is 0.0794 e. The van der Waals surface area contributed by atoms with Gasteiger partial charge in [0.2, 0.25) is 0 Å². The molecule has 1 heterocycles. The third kappa shape index (κ3) is 4.40.